The molecule has 16 heavy (non-hydrogen) atoms. The van der Waals surface area contributed by atoms with Crippen LogP contribution in [0, 0.1) is 19.8 Å². The number of hydrogen-bond donors (Lipinski definition) is 2. The van der Waals surface area contributed by atoms with E-state index in [0.29, 0.717) is 6.54 Å². The molecule has 1 amide bonds. The zero-order valence-corrected chi connectivity index (χ0v) is 10.7. The van der Waals surface area contributed by atoms with Gasteiger partial charge in [0.2, 0.25) is 5.91 Å². The molecule has 0 fully saturated rings. The van der Waals surface area contributed by atoms with E-state index in [1.54, 1.807) is 0 Å². The second kappa shape index (κ2) is 6.51. The lowest BCUT2D eigenvalue weighted by atomic mass is 10.1. The van der Waals surface area contributed by atoms with Crippen LogP contribution in [0.2, 0.25) is 0 Å². The molecule has 4 heteroatoms. The Kier molecular flexibility index (Phi) is 6.08. The molecule has 0 saturated heterocycles. The van der Waals surface area contributed by atoms with Gasteiger partial charge in [-0.05, 0) is 25.5 Å². The van der Waals surface area contributed by atoms with Crippen molar-refractivity contribution in [3.63, 3.8) is 0 Å². The minimum atomic E-state index is -0.147. The first-order chi connectivity index (χ1) is 7.04. The van der Waals surface area contributed by atoms with E-state index in [0.717, 1.165) is 11.3 Å². The fourth-order valence-electron chi connectivity index (χ4n) is 1.32. The number of rotatable bonds is 3. The summed E-state index contributed by atoms with van der Waals surface area (Å²) >= 11 is 0. The molecule has 0 aliphatic heterocycles. The maximum Gasteiger partial charge on any atom is 0.228 e. The second-order valence-electron chi connectivity index (χ2n) is 3.94. The van der Waals surface area contributed by atoms with Crippen LogP contribution in [0.3, 0.4) is 0 Å². The second-order valence-corrected chi connectivity index (χ2v) is 3.94. The first-order valence-electron chi connectivity index (χ1n) is 5.12. The Bertz CT molecular complexity index is 366. The molecule has 1 aromatic carbocycles. The van der Waals surface area contributed by atoms with Crippen molar-refractivity contribution in [1.29, 1.82) is 0 Å². The van der Waals surface area contributed by atoms with Gasteiger partial charge in [-0.15, -0.1) is 12.4 Å². The first-order valence-corrected chi connectivity index (χ1v) is 5.12. The number of amides is 1. The highest BCUT2D eigenvalue weighted by Gasteiger charge is 2.11. The van der Waals surface area contributed by atoms with Crippen molar-refractivity contribution >= 4 is 24.0 Å². The topological polar surface area (TPSA) is 55.1 Å². The molecule has 1 unspecified atom stereocenters. The van der Waals surface area contributed by atoms with Gasteiger partial charge in [-0.1, -0.05) is 24.6 Å². The van der Waals surface area contributed by atoms with Gasteiger partial charge in [0, 0.05) is 18.2 Å². The van der Waals surface area contributed by atoms with Crippen LogP contribution in [-0.4, -0.2) is 12.5 Å². The lowest BCUT2D eigenvalue weighted by Gasteiger charge is -2.12. The SMILES string of the molecule is Cc1ccc(NC(=O)C(C)CN)c(C)c1.Cl. The molecule has 0 spiro atoms. The van der Waals surface area contributed by atoms with Crippen molar-refractivity contribution in [2.24, 2.45) is 11.7 Å². The van der Waals surface area contributed by atoms with Gasteiger partial charge in [-0.3, -0.25) is 4.79 Å². The number of nitrogens with one attached hydrogen (secondary N) is 1. The predicted molar refractivity (Wildman–Crippen MR) is 70.0 cm³/mol. The van der Waals surface area contributed by atoms with Crippen LogP contribution in [0.15, 0.2) is 18.2 Å². The molecular formula is C12H19ClN2O. The van der Waals surface area contributed by atoms with E-state index in [1.807, 2.05) is 39.0 Å². The monoisotopic (exact) mass is 242 g/mol. The third kappa shape index (κ3) is 3.83. The minimum absolute atomic E-state index is 0. The molecule has 0 aliphatic rings. The van der Waals surface area contributed by atoms with Crippen molar-refractivity contribution < 1.29 is 4.79 Å². The minimum Gasteiger partial charge on any atom is -0.330 e. The summed E-state index contributed by atoms with van der Waals surface area (Å²) in [6.45, 7) is 6.20. The highest BCUT2D eigenvalue weighted by atomic mass is 35.5. The van der Waals surface area contributed by atoms with Crippen LogP contribution in [0.4, 0.5) is 5.69 Å². The summed E-state index contributed by atoms with van der Waals surface area (Å²) in [5, 5.41) is 2.87. The van der Waals surface area contributed by atoms with Gasteiger partial charge in [0.25, 0.3) is 0 Å². The average molecular weight is 243 g/mol. The van der Waals surface area contributed by atoms with Gasteiger partial charge in [0.05, 0.1) is 0 Å². The number of nitrogens with two attached hydrogens (primary N) is 1. The van der Waals surface area contributed by atoms with Gasteiger partial charge < -0.3 is 11.1 Å². The normalized spacial score (nSPS) is 11.5. The summed E-state index contributed by atoms with van der Waals surface area (Å²) in [5.74, 6) is -0.171. The van der Waals surface area contributed by atoms with E-state index in [-0.39, 0.29) is 24.2 Å². The van der Waals surface area contributed by atoms with Gasteiger partial charge in [0.15, 0.2) is 0 Å². The average Bonchev–Trinajstić information content (AvgIpc) is 2.20. The highest BCUT2D eigenvalue weighted by Crippen LogP contribution is 2.16. The van der Waals surface area contributed by atoms with E-state index in [4.69, 9.17) is 5.73 Å². The number of carbonyl (C=O) groups excluding carboxylic acids is 1. The molecule has 1 rings (SSSR count). The van der Waals surface area contributed by atoms with Gasteiger partial charge in [-0.2, -0.15) is 0 Å². The molecule has 1 aromatic rings. The van der Waals surface area contributed by atoms with Crippen molar-refractivity contribution in [3.05, 3.63) is 29.3 Å². The highest BCUT2D eigenvalue weighted by molar-refractivity contribution is 5.93. The lowest BCUT2D eigenvalue weighted by molar-refractivity contribution is -0.119. The molecular weight excluding hydrogens is 224 g/mol. The fourth-order valence-corrected chi connectivity index (χ4v) is 1.32. The van der Waals surface area contributed by atoms with Crippen LogP contribution < -0.4 is 11.1 Å². The first kappa shape index (κ1) is 14.9. The Balaban J connectivity index is 0.00000225. The Morgan fingerprint density at radius 1 is 1.44 bits per heavy atom. The summed E-state index contributed by atoms with van der Waals surface area (Å²) in [7, 11) is 0. The summed E-state index contributed by atoms with van der Waals surface area (Å²) in [5.41, 5.74) is 8.56. The number of carbonyl (C=O) groups is 1. The van der Waals surface area contributed by atoms with Crippen LogP contribution in [0.5, 0.6) is 0 Å². The molecule has 3 nitrogen and oxygen atoms in total. The Labute approximate surface area is 103 Å². The molecule has 0 aliphatic carbocycles. The van der Waals surface area contributed by atoms with Gasteiger partial charge >= 0.3 is 0 Å². The smallest absolute Gasteiger partial charge is 0.228 e. The van der Waals surface area contributed by atoms with E-state index >= 15 is 0 Å². The zero-order chi connectivity index (χ0) is 11.4. The largest absolute Gasteiger partial charge is 0.330 e. The summed E-state index contributed by atoms with van der Waals surface area (Å²) in [6, 6.07) is 5.95. The van der Waals surface area contributed by atoms with Crippen molar-refractivity contribution in [3.8, 4) is 0 Å². The van der Waals surface area contributed by atoms with Gasteiger partial charge in [0.1, 0.15) is 0 Å². The zero-order valence-electron chi connectivity index (χ0n) is 9.91. The van der Waals surface area contributed by atoms with Gasteiger partial charge in [-0.25, -0.2) is 0 Å². The van der Waals surface area contributed by atoms with Crippen molar-refractivity contribution in [2.45, 2.75) is 20.8 Å². The Morgan fingerprint density at radius 3 is 2.56 bits per heavy atom. The number of benzene rings is 1. The molecule has 3 N–H and O–H groups in total. The number of hydrogen-bond acceptors (Lipinski definition) is 2. The van der Waals surface area contributed by atoms with E-state index in [2.05, 4.69) is 5.32 Å². The summed E-state index contributed by atoms with van der Waals surface area (Å²) < 4.78 is 0. The third-order valence-electron chi connectivity index (χ3n) is 2.44. The Morgan fingerprint density at radius 2 is 2.06 bits per heavy atom. The standard InChI is InChI=1S/C12H18N2O.ClH/c1-8-4-5-11(9(2)6-8)14-12(15)10(3)7-13;/h4-6,10H,7,13H2,1-3H3,(H,14,15);1H. The van der Waals surface area contributed by atoms with E-state index in [1.165, 1.54) is 5.56 Å². The molecule has 0 bridgehead atoms. The molecule has 0 saturated carbocycles. The molecule has 0 heterocycles. The fraction of sp³-hybridized carbons (Fsp3) is 0.417. The molecule has 90 valence electrons. The lowest BCUT2D eigenvalue weighted by Crippen LogP contribution is -2.26. The van der Waals surface area contributed by atoms with Crippen LogP contribution >= 0.6 is 12.4 Å². The quantitative estimate of drug-likeness (QED) is 0.854. The number of aryl methyl sites for hydroxylation is 2. The maximum atomic E-state index is 11.6. The summed E-state index contributed by atoms with van der Waals surface area (Å²) in [6.07, 6.45) is 0. The van der Waals surface area contributed by atoms with Crippen LogP contribution in [-0.2, 0) is 4.79 Å². The molecule has 0 radical (unpaired) electrons. The van der Waals surface area contributed by atoms with E-state index < -0.39 is 0 Å². The Hall–Kier alpha value is -1.06. The maximum absolute atomic E-state index is 11.6. The van der Waals surface area contributed by atoms with E-state index in [9.17, 15) is 4.79 Å². The third-order valence-corrected chi connectivity index (χ3v) is 2.44. The van der Waals surface area contributed by atoms with Crippen molar-refractivity contribution in [1.82, 2.24) is 0 Å². The van der Waals surface area contributed by atoms with Crippen LogP contribution in [0.25, 0.3) is 0 Å². The molecule has 1 atom stereocenters. The van der Waals surface area contributed by atoms with Crippen LogP contribution in [0.1, 0.15) is 18.1 Å². The predicted octanol–water partition coefficient (Wildman–Crippen LogP) is 2.26. The number of anilines is 1. The summed E-state index contributed by atoms with van der Waals surface area (Å²) in [4.78, 5) is 11.6. The van der Waals surface area contributed by atoms with Crippen molar-refractivity contribution in [2.75, 3.05) is 11.9 Å². The number of halogens is 1. The molecule has 0 aromatic heterocycles.